The summed E-state index contributed by atoms with van der Waals surface area (Å²) in [4.78, 5) is 18.7. The second kappa shape index (κ2) is 5.25. The zero-order chi connectivity index (χ0) is 16.6. The lowest BCUT2D eigenvalue weighted by atomic mass is 10.1. The number of benzene rings is 1. The third-order valence-electron chi connectivity index (χ3n) is 3.33. The molecule has 0 aliphatic rings. The lowest BCUT2D eigenvalue weighted by molar-refractivity contribution is -0.141. The van der Waals surface area contributed by atoms with Crippen LogP contribution in [0.4, 0.5) is 13.2 Å². The summed E-state index contributed by atoms with van der Waals surface area (Å²) < 4.78 is 38.1. The van der Waals surface area contributed by atoms with Crippen LogP contribution < -0.4 is 0 Å². The van der Waals surface area contributed by atoms with E-state index in [1.165, 1.54) is 18.3 Å². The molecule has 0 atom stereocenters. The number of halogens is 3. The monoisotopic (exact) mass is 315 g/mol. The number of nitrogens with one attached hydrogen (secondary N) is 1. The third-order valence-corrected chi connectivity index (χ3v) is 3.33. The quantitative estimate of drug-likeness (QED) is 0.733. The summed E-state index contributed by atoms with van der Waals surface area (Å²) in [7, 11) is 0. The molecule has 114 valence electrons. The number of carbonyl (C=O) groups is 1. The van der Waals surface area contributed by atoms with Crippen LogP contribution in [0.15, 0.2) is 42.6 Å². The Bertz CT molecular complexity index is 951. The fourth-order valence-corrected chi connectivity index (χ4v) is 2.24. The molecule has 0 amide bonds. The fourth-order valence-electron chi connectivity index (χ4n) is 2.24. The maximum absolute atomic E-state index is 12.7. The van der Waals surface area contributed by atoms with Gasteiger partial charge in [-0.15, -0.1) is 0 Å². The minimum atomic E-state index is -4.61. The van der Waals surface area contributed by atoms with Crippen LogP contribution in [0.2, 0.25) is 0 Å². The van der Waals surface area contributed by atoms with Gasteiger partial charge in [0, 0.05) is 22.7 Å². The highest BCUT2D eigenvalue weighted by atomic mass is 19.4. The van der Waals surface area contributed by atoms with Crippen molar-refractivity contribution in [2.75, 3.05) is 0 Å². The number of rotatable bonds is 2. The van der Waals surface area contributed by atoms with Gasteiger partial charge >= 0.3 is 6.18 Å². The van der Waals surface area contributed by atoms with E-state index in [1.807, 2.05) is 6.07 Å². The first-order chi connectivity index (χ1) is 10.9. The van der Waals surface area contributed by atoms with Gasteiger partial charge in [-0.1, -0.05) is 12.1 Å². The Morgan fingerprint density at radius 3 is 2.70 bits per heavy atom. The van der Waals surface area contributed by atoms with Gasteiger partial charge < -0.3 is 4.98 Å². The van der Waals surface area contributed by atoms with Crippen LogP contribution in [0.25, 0.3) is 10.9 Å². The van der Waals surface area contributed by atoms with E-state index in [9.17, 15) is 18.0 Å². The highest BCUT2D eigenvalue weighted by Gasteiger charge is 2.33. The van der Waals surface area contributed by atoms with Crippen molar-refractivity contribution < 1.29 is 18.0 Å². The number of ketones is 1. The number of nitrogens with zero attached hydrogens (tertiary/aromatic N) is 2. The lowest BCUT2D eigenvalue weighted by Crippen LogP contribution is -2.12. The summed E-state index contributed by atoms with van der Waals surface area (Å²) in [5.74, 6) is -0.618. The van der Waals surface area contributed by atoms with Gasteiger partial charge in [0.05, 0.1) is 11.6 Å². The van der Waals surface area contributed by atoms with Crippen molar-refractivity contribution in [3.63, 3.8) is 0 Å². The van der Waals surface area contributed by atoms with Crippen LogP contribution in [0.1, 0.15) is 27.3 Å². The van der Waals surface area contributed by atoms with E-state index < -0.39 is 17.7 Å². The van der Waals surface area contributed by atoms with Crippen molar-refractivity contribution in [2.24, 2.45) is 0 Å². The maximum atomic E-state index is 12.7. The van der Waals surface area contributed by atoms with Crippen molar-refractivity contribution in [1.29, 1.82) is 5.26 Å². The zero-order valence-corrected chi connectivity index (χ0v) is 11.5. The Hall–Kier alpha value is -3.14. The molecule has 0 unspecified atom stereocenters. The van der Waals surface area contributed by atoms with Crippen LogP contribution in [-0.2, 0) is 6.18 Å². The van der Waals surface area contributed by atoms with Gasteiger partial charge in [-0.2, -0.15) is 18.4 Å². The van der Waals surface area contributed by atoms with E-state index in [4.69, 9.17) is 5.26 Å². The summed E-state index contributed by atoms with van der Waals surface area (Å²) in [6.45, 7) is 0. The Labute approximate surface area is 128 Å². The molecule has 0 bridgehead atoms. The molecule has 3 aromatic rings. The van der Waals surface area contributed by atoms with E-state index in [0.29, 0.717) is 16.5 Å². The first kappa shape index (κ1) is 14.8. The second-order valence-corrected chi connectivity index (χ2v) is 4.81. The van der Waals surface area contributed by atoms with Gasteiger partial charge in [0.1, 0.15) is 11.4 Å². The van der Waals surface area contributed by atoms with Gasteiger partial charge in [-0.25, -0.2) is 4.98 Å². The molecule has 0 saturated carbocycles. The van der Waals surface area contributed by atoms with Crippen LogP contribution >= 0.6 is 0 Å². The van der Waals surface area contributed by atoms with E-state index in [2.05, 4.69) is 9.97 Å². The molecular formula is C16H8F3N3O. The predicted octanol–water partition coefficient (Wildman–Crippen LogP) is 3.68. The highest BCUT2D eigenvalue weighted by Crippen LogP contribution is 2.28. The van der Waals surface area contributed by atoms with Gasteiger partial charge in [0.15, 0.2) is 0 Å². The van der Waals surface area contributed by atoms with Crippen molar-refractivity contribution in [2.45, 2.75) is 6.18 Å². The molecule has 23 heavy (non-hydrogen) atoms. The molecule has 0 spiro atoms. The number of hydrogen-bond acceptors (Lipinski definition) is 3. The standard InChI is InChI=1S/C16H8F3N3O/c17-16(18,19)14-3-1-2-12(22-14)15(23)11-8-21-13-6-9(7-20)4-5-10(11)13/h1-6,8,21H. The number of fused-ring (bicyclic) bond motifs is 1. The molecule has 1 aromatic carbocycles. The van der Waals surface area contributed by atoms with Crippen LogP contribution in [-0.4, -0.2) is 15.8 Å². The van der Waals surface area contributed by atoms with E-state index in [-0.39, 0.29) is 11.3 Å². The summed E-state index contributed by atoms with van der Waals surface area (Å²) in [6.07, 6.45) is -3.21. The fraction of sp³-hybridized carbons (Fsp3) is 0.0625. The number of alkyl halides is 3. The van der Waals surface area contributed by atoms with Gasteiger partial charge in [-0.05, 0) is 24.3 Å². The molecule has 4 nitrogen and oxygen atoms in total. The van der Waals surface area contributed by atoms with Crippen LogP contribution in [0.3, 0.4) is 0 Å². The first-order valence-corrected chi connectivity index (χ1v) is 6.50. The minimum absolute atomic E-state index is 0.205. The number of hydrogen-bond donors (Lipinski definition) is 1. The lowest BCUT2D eigenvalue weighted by Gasteiger charge is -2.06. The third kappa shape index (κ3) is 2.66. The Balaban J connectivity index is 2.06. The van der Waals surface area contributed by atoms with Gasteiger partial charge in [0.2, 0.25) is 5.78 Å². The average molecular weight is 315 g/mol. The zero-order valence-electron chi connectivity index (χ0n) is 11.5. The van der Waals surface area contributed by atoms with E-state index in [0.717, 1.165) is 12.1 Å². The summed E-state index contributed by atoms with van der Waals surface area (Å²) in [5, 5.41) is 9.37. The van der Waals surface area contributed by atoms with Gasteiger partial charge in [0.25, 0.3) is 0 Å². The molecule has 0 radical (unpaired) electrons. The molecule has 0 aliphatic heterocycles. The predicted molar refractivity (Wildman–Crippen MR) is 75.7 cm³/mol. The number of aromatic amines is 1. The Morgan fingerprint density at radius 2 is 2.00 bits per heavy atom. The highest BCUT2D eigenvalue weighted by molar-refractivity contribution is 6.15. The molecule has 3 rings (SSSR count). The molecule has 1 N–H and O–H groups in total. The van der Waals surface area contributed by atoms with Gasteiger partial charge in [-0.3, -0.25) is 4.79 Å². The average Bonchev–Trinajstić information content (AvgIpc) is 2.96. The largest absolute Gasteiger partial charge is 0.433 e. The van der Waals surface area contributed by atoms with Crippen molar-refractivity contribution >= 4 is 16.7 Å². The van der Waals surface area contributed by atoms with Crippen LogP contribution in [0.5, 0.6) is 0 Å². The minimum Gasteiger partial charge on any atom is -0.360 e. The molecule has 0 aliphatic carbocycles. The van der Waals surface area contributed by atoms with Crippen molar-refractivity contribution in [1.82, 2.24) is 9.97 Å². The SMILES string of the molecule is N#Cc1ccc2c(C(=O)c3cccc(C(F)(F)F)n3)c[nH]c2c1. The van der Waals surface area contributed by atoms with Crippen molar-refractivity contribution in [3.05, 3.63) is 65.1 Å². The smallest absolute Gasteiger partial charge is 0.360 e. The molecule has 0 saturated heterocycles. The summed E-state index contributed by atoms with van der Waals surface area (Å²) in [5.41, 5.74) is -0.230. The number of aromatic nitrogens is 2. The van der Waals surface area contributed by atoms with E-state index in [1.54, 1.807) is 12.1 Å². The normalized spacial score (nSPS) is 11.4. The number of carbonyl (C=O) groups excluding carboxylic acids is 1. The Kier molecular flexibility index (Phi) is 3.37. The van der Waals surface area contributed by atoms with Crippen LogP contribution in [0, 0.1) is 11.3 Å². The molecule has 2 aromatic heterocycles. The number of pyridine rings is 1. The number of H-pyrrole nitrogens is 1. The number of nitriles is 1. The molecule has 0 fully saturated rings. The topological polar surface area (TPSA) is 69.5 Å². The molecular weight excluding hydrogens is 307 g/mol. The molecule has 2 heterocycles. The Morgan fingerprint density at radius 1 is 1.22 bits per heavy atom. The first-order valence-electron chi connectivity index (χ1n) is 6.50. The van der Waals surface area contributed by atoms with Crippen molar-refractivity contribution in [3.8, 4) is 6.07 Å². The van der Waals surface area contributed by atoms with E-state index >= 15 is 0 Å². The molecule has 7 heteroatoms. The summed E-state index contributed by atoms with van der Waals surface area (Å²) in [6, 6.07) is 9.83. The maximum Gasteiger partial charge on any atom is 0.433 e. The summed E-state index contributed by atoms with van der Waals surface area (Å²) >= 11 is 0. The second-order valence-electron chi connectivity index (χ2n) is 4.81.